The summed E-state index contributed by atoms with van der Waals surface area (Å²) in [5.74, 6) is 0. The lowest BCUT2D eigenvalue weighted by Gasteiger charge is -2.21. The highest BCUT2D eigenvalue weighted by Gasteiger charge is 2.21. The molecule has 4 rings (SSSR count). The Kier molecular flexibility index (Phi) is 4.70. The van der Waals surface area contributed by atoms with Crippen LogP contribution in [0.3, 0.4) is 0 Å². The van der Waals surface area contributed by atoms with Crippen molar-refractivity contribution in [2.24, 2.45) is 0 Å². The largest absolute Gasteiger partial charge is 0.309 e. The fourth-order valence-electron chi connectivity index (χ4n) is 3.39. The Balaban J connectivity index is 1.83. The van der Waals surface area contributed by atoms with Gasteiger partial charge in [-0.3, -0.25) is 0 Å². The molecule has 0 spiro atoms. The van der Waals surface area contributed by atoms with Crippen LogP contribution in [0.25, 0.3) is 11.1 Å². The van der Waals surface area contributed by atoms with Crippen LogP contribution in [0.2, 0.25) is 0 Å². The molecule has 1 unspecified atom stereocenters. The van der Waals surface area contributed by atoms with Crippen LogP contribution >= 0.6 is 0 Å². The van der Waals surface area contributed by atoms with E-state index in [0.717, 1.165) is 22.3 Å². The summed E-state index contributed by atoms with van der Waals surface area (Å²) in [5, 5.41) is 18.9. The maximum atomic E-state index is 9.59. The zero-order valence-corrected chi connectivity index (χ0v) is 15.0. The molecular weight excluding hydrogens is 344 g/mol. The zero-order valence-electron chi connectivity index (χ0n) is 15.0. The minimum atomic E-state index is -0.240. The SMILES string of the molecule is N#Cc1ncn(C(c2ccccc2)c2ccc(-c3ccccc3)cc2)c1C#N. The van der Waals surface area contributed by atoms with Gasteiger partial charge in [0.05, 0.1) is 12.4 Å². The van der Waals surface area contributed by atoms with Crippen molar-refractivity contribution in [3.63, 3.8) is 0 Å². The number of hydrogen-bond acceptors (Lipinski definition) is 3. The molecule has 4 nitrogen and oxygen atoms in total. The predicted octanol–water partition coefficient (Wildman–Crippen LogP) is 4.93. The van der Waals surface area contributed by atoms with Crippen LogP contribution in [-0.2, 0) is 0 Å². The summed E-state index contributed by atoms with van der Waals surface area (Å²) in [4.78, 5) is 4.12. The summed E-state index contributed by atoms with van der Waals surface area (Å²) in [6, 6.07) is 32.3. The first-order valence-electron chi connectivity index (χ1n) is 8.89. The van der Waals surface area contributed by atoms with E-state index in [-0.39, 0.29) is 17.4 Å². The second-order valence-electron chi connectivity index (χ2n) is 6.37. The van der Waals surface area contributed by atoms with Crippen molar-refractivity contribution < 1.29 is 0 Å². The summed E-state index contributed by atoms with van der Waals surface area (Å²) in [7, 11) is 0. The molecule has 0 saturated heterocycles. The third-order valence-corrected chi connectivity index (χ3v) is 4.73. The second-order valence-corrected chi connectivity index (χ2v) is 6.37. The van der Waals surface area contributed by atoms with Gasteiger partial charge in [0.15, 0.2) is 11.4 Å². The molecule has 3 aromatic carbocycles. The first kappa shape index (κ1) is 17.3. The topological polar surface area (TPSA) is 65.4 Å². The molecule has 132 valence electrons. The van der Waals surface area contributed by atoms with Crippen molar-refractivity contribution >= 4 is 0 Å². The molecular formula is C24H16N4. The summed E-state index contributed by atoms with van der Waals surface area (Å²) >= 11 is 0. The molecule has 0 fully saturated rings. The molecule has 0 radical (unpaired) electrons. The number of nitriles is 2. The highest BCUT2D eigenvalue weighted by molar-refractivity contribution is 5.63. The third-order valence-electron chi connectivity index (χ3n) is 4.73. The predicted molar refractivity (Wildman–Crippen MR) is 107 cm³/mol. The number of nitrogens with zero attached hydrogens (tertiary/aromatic N) is 4. The van der Waals surface area contributed by atoms with E-state index in [1.54, 1.807) is 10.9 Å². The normalized spacial score (nSPS) is 11.4. The van der Waals surface area contributed by atoms with Crippen LogP contribution < -0.4 is 0 Å². The monoisotopic (exact) mass is 360 g/mol. The van der Waals surface area contributed by atoms with E-state index >= 15 is 0 Å². The van der Waals surface area contributed by atoms with Crippen LogP contribution in [0.4, 0.5) is 0 Å². The van der Waals surface area contributed by atoms with Crippen molar-refractivity contribution in [1.29, 1.82) is 10.5 Å². The maximum Gasteiger partial charge on any atom is 0.176 e. The number of benzene rings is 3. The van der Waals surface area contributed by atoms with Crippen molar-refractivity contribution in [1.82, 2.24) is 9.55 Å². The van der Waals surface area contributed by atoms with Crippen LogP contribution in [0, 0.1) is 22.7 Å². The summed E-state index contributed by atoms with van der Waals surface area (Å²) in [6.07, 6.45) is 1.57. The standard InChI is InChI=1S/C24H16N4/c25-15-22-23(16-26)28(17-27-22)24(20-9-5-2-6-10-20)21-13-11-19(12-14-21)18-7-3-1-4-8-18/h1-14,17,24H. The molecule has 1 atom stereocenters. The number of aromatic nitrogens is 2. The average Bonchev–Trinajstić information content (AvgIpc) is 3.18. The van der Waals surface area contributed by atoms with Gasteiger partial charge in [0.2, 0.25) is 0 Å². The van der Waals surface area contributed by atoms with Crippen molar-refractivity contribution in [2.45, 2.75) is 6.04 Å². The lowest BCUT2D eigenvalue weighted by molar-refractivity contribution is 0.669. The van der Waals surface area contributed by atoms with Crippen LogP contribution in [-0.4, -0.2) is 9.55 Å². The fraction of sp³-hybridized carbons (Fsp3) is 0.0417. The van der Waals surface area contributed by atoms with E-state index in [0.29, 0.717) is 0 Å². The third kappa shape index (κ3) is 3.16. The van der Waals surface area contributed by atoms with E-state index in [1.165, 1.54) is 0 Å². The average molecular weight is 360 g/mol. The molecule has 0 amide bonds. The zero-order chi connectivity index (χ0) is 19.3. The molecule has 4 aromatic rings. The second kappa shape index (κ2) is 7.61. The van der Waals surface area contributed by atoms with E-state index in [1.807, 2.05) is 54.6 Å². The highest BCUT2D eigenvalue weighted by atomic mass is 15.1. The Morgan fingerprint density at radius 2 is 1.25 bits per heavy atom. The van der Waals surface area contributed by atoms with Gasteiger partial charge >= 0.3 is 0 Å². The van der Waals surface area contributed by atoms with Gasteiger partial charge < -0.3 is 4.57 Å². The van der Waals surface area contributed by atoms with Gasteiger partial charge in [-0.25, -0.2) is 4.98 Å². The number of rotatable bonds is 4. The van der Waals surface area contributed by atoms with Crippen molar-refractivity contribution in [3.8, 4) is 23.3 Å². The fourth-order valence-corrected chi connectivity index (χ4v) is 3.39. The molecule has 28 heavy (non-hydrogen) atoms. The van der Waals surface area contributed by atoms with Gasteiger partial charge in [-0.1, -0.05) is 84.9 Å². The van der Waals surface area contributed by atoms with Crippen LogP contribution in [0.1, 0.15) is 28.6 Å². The lowest BCUT2D eigenvalue weighted by Crippen LogP contribution is -2.13. The number of imidazole rings is 1. The van der Waals surface area contributed by atoms with E-state index in [2.05, 4.69) is 47.5 Å². The highest BCUT2D eigenvalue weighted by Crippen LogP contribution is 2.30. The molecule has 0 bridgehead atoms. The summed E-state index contributed by atoms with van der Waals surface area (Å²) < 4.78 is 1.77. The van der Waals surface area contributed by atoms with E-state index in [9.17, 15) is 10.5 Å². The van der Waals surface area contributed by atoms with Gasteiger partial charge in [0.25, 0.3) is 0 Å². The van der Waals surface area contributed by atoms with Gasteiger partial charge in [0, 0.05) is 0 Å². The summed E-state index contributed by atoms with van der Waals surface area (Å²) in [5.41, 5.74) is 4.72. The molecule has 0 aliphatic heterocycles. The van der Waals surface area contributed by atoms with E-state index < -0.39 is 0 Å². The quantitative estimate of drug-likeness (QED) is 0.518. The van der Waals surface area contributed by atoms with E-state index in [4.69, 9.17) is 0 Å². The smallest absolute Gasteiger partial charge is 0.176 e. The Hall–Kier alpha value is -4.15. The molecule has 0 aliphatic carbocycles. The Morgan fingerprint density at radius 3 is 1.86 bits per heavy atom. The van der Waals surface area contributed by atoms with Gasteiger partial charge in [-0.15, -0.1) is 0 Å². The number of hydrogen-bond donors (Lipinski definition) is 0. The van der Waals surface area contributed by atoms with Crippen molar-refractivity contribution in [2.75, 3.05) is 0 Å². The molecule has 1 aromatic heterocycles. The van der Waals surface area contributed by atoms with Gasteiger partial charge in [-0.2, -0.15) is 10.5 Å². The first-order valence-corrected chi connectivity index (χ1v) is 8.89. The molecule has 4 heteroatoms. The van der Waals surface area contributed by atoms with Gasteiger partial charge in [0.1, 0.15) is 12.1 Å². The minimum absolute atomic E-state index is 0.143. The minimum Gasteiger partial charge on any atom is -0.309 e. The Bertz CT molecular complexity index is 1160. The molecule has 0 saturated carbocycles. The van der Waals surface area contributed by atoms with Crippen LogP contribution in [0.15, 0.2) is 91.3 Å². The molecule has 0 aliphatic rings. The molecule has 1 heterocycles. The van der Waals surface area contributed by atoms with Crippen molar-refractivity contribution in [3.05, 3.63) is 114 Å². The summed E-state index contributed by atoms with van der Waals surface area (Å²) in [6.45, 7) is 0. The maximum absolute atomic E-state index is 9.59. The Labute approximate surface area is 163 Å². The first-order chi connectivity index (χ1) is 13.8. The molecule has 0 N–H and O–H groups in total. The Morgan fingerprint density at radius 1 is 0.679 bits per heavy atom. The van der Waals surface area contributed by atoms with Crippen LogP contribution in [0.5, 0.6) is 0 Å². The lowest BCUT2D eigenvalue weighted by atomic mass is 9.95. The van der Waals surface area contributed by atoms with Gasteiger partial charge in [-0.05, 0) is 22.3 Å².